The van der Waals surface area contributed by atoms with Gasteiger partial charge in [-0.15, -0.1) is 0 Å². The van der Waals surface area contributed by atoms with Crippen LogP contribution in [0.5, 0.6) is 0 Å². The van der Waals surface area contributed by atoms with Gasteiger partial charge in [-0.1, -0.05) is 6.92 Å². The Labute approximate surface area is 189 Å². The van der Waals surface area contributed by atoms with Crippen LogP contribution >= 0.6 is 0 Å². The van der Waals surface area contributed by atoms with Crippen LogP contribution in [0.25, 0.3) is 0 Å². The molecule has 2 aliphatic rings. The quantitative estimate of drug-likeness (QED) is 0.654. The van der Waals surface area contributed by atoms with Gasteiger partial charge < -0.3 is 15.0 Å². The number of benzene rings is 1. The van der Waals surface area contributed by atoms with E-state index in [0.717, 1.165) is 56.9 Å². The number of carbonyl (C=O) groups is 2. The summed E-state index contributed by atoms with van der Waals surface area (Å²) in [5.74, 6) is 0.658. The Kier molecular flexibility index (Phi) is 7.50. The van der Waals surface area contributed by atoms with Gasteiger partial charge in [0.1, 0.15) is 0 Å². The molecule has 1 aliphatic carbocycles. The van der Waals surface area contributed by atoms with E-state index in [-0.39, 0.29) is 17.7 Å². The van der Waals surface area contributed by atoms with Gasteiger partial charge in [-0.25, -0.2) is 0 Å². The molecule has 1 aromatic carbocycles. The zero-order valence-corrected chi connectivity index (χ0v) is 18.7. The smallest absolute Gasteiger partial charge is 0.254 e. The molecule has 2 unspecified atom stereocenters. The van der Waals surface area contributed by atoms with Crippen LogP contribution in [0.2, 0.25) is 0 Å². The third-order valence-corrected chi connectivity index (χ3v) is 6.26. The van der Waals surface area contributed by atoms with Crippen molar-refractivity contribution in [2.45, 2.75) is 26.3 Å². The summed E-state index contributed by atoms with van der Waals surface area (Å²) in [6, 6.07) is 11.1. The fraction of sp³-hybridized carbons (Fsp3) is 0.480. The zero-order chi connectivity index (χ0) is 22.3. The highest BCUT2D eigenvalue weighted by atomic mass is 16.5. The molecule has 170 valence electrons. The van der Waals surface area contributed by atoms with Crippen LogP contribution < -0.4 is 5.32 Å². The highest BCUT2D eigenvalue weighted by molar-refractivity contribution is 5.97. The number of pyridine rings is 1. The van der Waals surface area contributed by atoms with E-state index in [1.54, 1.807) is 24.5 Å². The van der Waals surface area contributed by atoms with Crippen molar-refractivity contribution in [3.63, 3.8) is 0 Å². The molecular weight excluding hydrogens is 404 g/mol. The minimum absolute atomic E-state index is 0.00233. The van der Waals surface area contributed by atoms with Gasteiger partial charge in [-0.2, -0.15) is 0 Å². The second-order valence-electron chi connectivity index (χ2n) is 8.78. The Bertz CT molecular complexity index is 897. The number of hydrogen-bond donors (Lipinski definition) is 1. The molecule has 7 heteroatoms. The van der Waals surface area contributed by atoms with Crippen LogP contribution in [0, 0.1) is 11.8 Å². The van der Waals surface area contributed by atoms with E-state index in [1.807, 2.05) is 29.2 Å². The Hall–Kier alpha value is -2.77. The molecule has 1 N–H and O–H groups in total. The van der Waals surface area contributed by atoms with Gasteiger partial charge in [0.2, 0.25) is 5.91 Å². The topological polar surface area (TPSA) is 74.8 Å². The number of morpholine rings is 1. The average molecular weight is 437 g/mol. The first kappa shape index (κ1) is 22.4. The molecule has 7 nitrogen and oxygen atoms in total. The summed E-state index contributed by atoms with van der Waals surface area (Å²) >= 11 is 0. The summed E-state index contributed by atoms with van der Waals surface area (Å²) < 4.78 is 5.42. The Morgan fingerprint density at radius 2 is 1.81 bits per heavy atom. The van der Waals surface area contributed by atoms with Crippen molar-refractivity contribution in [2.24, 2.45) is 11.8 Å². The molecule has 2 heterocycles. The van der Waals surface area contributed by atoms with Gasteiger partial charge in [0.05, 0.1) is 13.2 Å². The van der Waals surface area contributed by atoms with E-state index in [2.05, 4.69) is 22.1 Å². The molecule has 0 spiro atoms. The first-order chi connectivity index (χ1) is 15.6. The Balaban J connectivity index is 1.38. The molecule has 2 atom stereocenters. The Morgan fingerprint density at radius 3 is 2.47 bits per heavy atom. The van der Waals surface area contributed by atoms with Crippen molar-refractivity contribution < 1.29 is 14.3 Å². The lowest BCUT2D eigenvalue weighted by Gasteiger charge is -2.28. The summed E-state index contributed by atoms with van der Waals surface area (Å²) in [5.41, 5.74) is 2.42. The van der Waals surface area contributed by atoms with Gasteiger partial charge in [0, 0.05) is 62.3 Å². The van der Waals surface area contributed by atoms with Crippen molar-refractivity contribution in [1.29, 1.82) is 0 Å². The number of carbonyl (C=O) groups excluding carboxylic acids is 2. The van der Waals surface area contributed by atoms with Gasteiger partial charge >= 0.3 is 0 Å². The summed E-state index contributed by atoms with van der Waals surface area (Å²) in [4.78, 5) is 33.8. The van der Waals surface area contributed by atoms with E-state index in [9.17, 15) is 9.59 Å². The third kappa shape index (κ3) is 6.14. The monoisotopic (exact) mass is 436 g/mol. The second-order valence-corrected chi connectivity index (χ2v) is 8.78. The number of amides is 2. The lowest BCUT2D eigenvalue weighted by atomic mass is 10.1. The van der Waals surface area contributed by atoms with Crippen molar-refractivity contribution >= 4 is 17.5 Å². The summed E-state index contributed by atoms with van der Waals surface area (Å²) in [6.07, 6.45) is 5.37. The van der Waals surface area contributed by atoms with Crippen LogP contribution in [-0.4, -0.2) is 66.0 Å². The molecule has 0 radical (unpaired) electrons. The predicted octanol–water partition coefficient (Wildman–Crippen LogP) is 3.04. The lowest BCUT2D eigenvalue weighted by Crippen LogP contribution is -2.39. The van der Waals surface area contributed by atoms with E-state index >= 15 is 0 Å². The standard InChI is InChI=1S/C25H32N4O3/c1-19-17-23(19)24(30)27-22-5-3-21(4-6-22)25(31)29(18-20-7-9-26-10-8-20)12-2-11-28-13-15-32-16-14-28/h3-10,19,23H,2,11-18H2,1H3,(H,27,30). The maximum Gasteiger partial charge on any atom is 0.254 e. The largest absolute Gasteiger partial charge is 0.379 e. The first-order valence-corrected chi connectivity index (χ1v) is 11.5. The molecule has 2 aromatic rings. The summed E-state index contributed by atoms with van der Waals surface area (Å²) in [6.45, 7) is 7.72. The van der Waals surface area contributed by atoms with Gasteiger partial charge in [0.25, 0.3) is 5.91 Å². The number of nitrogens with one attached hydrogen (secondary N) is 1. The summed E-state index contributed by atoms with van der Waals surface area (Å²) in [7, 11) is 0. The van der Waals surface area contributed by atoms with Gasteiger partial charge in [-0.05, 0) is 60.7 Å². The first-order valence-electron chi connectivity index (χ1n) is 11.5. The van der Waals surface area contributed by atoms with Crippen molar-refractivity contribution in [3.05, 3.63) is 59.9 Å². The molecular formula is C25H32N4O3. The Morgan fingerprint density at radius 1 is 1.12 bits per heavy atom. The fourth-order valence-electron chi connectivity index (χ4n) is 4.07. The van der Waals surface area contributed by atoms with Crippen LogP contribution in [0.15, 0.2) is 48.8 Å². The van der Waals surface area contributed by atoms with Crippen molar-refractivity contribution in [2.75, 3.05) is 44.7 Å². The van der Waals surface area contributed by atoms with Gasteiger partial charge in [0.15, 0.2) is 0 Å². The number of rotatable bonds is 9. The maximum absolute atomic E-state index is 13.3. The molecule has 1 aliphatic heterocycles. The molecule has 4 rings (SSSR count). The predicted molar refractivity (Wildman–Crippen MR) is 123 cm³/mol. The molecule has 1 saturated carbocycles. The molecule has 2 fully saturated rings. The number of hydrogen-bond acceptors (Lipinski definition) is 5. The average Bonchev–Trinajstić information content (AvgIpc) is 3.56. The molecule has 1 saturated heterocycles. The van der Waals surface area contributed by atoms with Gasteiger partial charge in [-0.3, -0.25) is 19.5 Å². The maximum atomic E-state index is 13.3. The molecule has 32 heavy (non-hydrogen) atoms. The van der Waals surface area contributed by atoms with Crippen molar-refractivity contribution in [3.8, 4) is 0 Å². The van der Waals surface area contributed by atoms with Crippen LogP contribution in [0.3, 0.4) is 0 Å². The normalized spacial score (nSPS) is 20.5. The van der Waals surface area contributed by atoms with E-state index in [0.29, 0.717) is 24.6 Å². The fourth-order valence-corrected chi connectivity index (χ4v) is 4.07. The number of nitrogens with zero attached hydrogens (tertiary/aromatic N) is 3. The highest BCUT2D eigenvalue weighted by Crippen LogP contribution is 2.38. The van der Waals surface area contributed by atoms with E-state index in [1.165, 1.54) is 0 Å². The van der Waals surface area contributed by atoms with Crippen LogP contribution in [-0.2, 0) is 16.1 Å². The van der Waals surface area contributed by atoms with Crippen LogP contribution in [0.4, 0.5) is 5.69 Å². The van der Waals surface area contributed by atoms with E-state index in [4.69, 9.17) is 4.74 Å². The summed E-state index contributed by atoms with van der Waals surface area (Å²) in [5, 5.41) is 2.95. The zero-order valence-electron chi connectivity index (χ0n) is 18.7. The van der Waals surface area contributed by atoms with E-state index < -0.39 is 0 Å². The molecule has 0 bridgehead atoms. The lowest BCUT2D eigenvalue weighted by molar-refractivity contribution is -0.117. The number of anilines is 1. The second kappa shape index (κ2) is 10.7. The molecule has 1 aromatic heterocycles. The number of ether oxygens (including phenoxy) is 1. The third-order valence-electron chi connectivity index (χ3n) is 6.26. The minimum atomic E-state index is -0.00233. The SMILES string of the molecule is CC1CC1C(=O)Nc1ccc(C(=O)N(CCCN2CCOCC2)Cc2ccncc2)cc1. The minimum Gasteiger partial charge on any atom is -0.379 e. The van der Waals surface area contributed by atoms with Crippen molar-refractivity contribution in [1.82, 2.24) is 14.8 Å². The number of aromatic nitrogens is 1. The molecule has 2 amide bonds. The highest BCUT2D eigenvalue weighted by Gasteiger charge is 2.39. The van der Waals surface area contributed by atoms with Crippen LogP contribution in [0.1, 0.15) is 35.7 Å².